The van der Waals surface area contributed by atoms with E-state index in [9.17, 15) is 9.90 Å². The molecule has 1 fully saturated rings. The Balaban J connectivity index is 2.04. The summed E-state index contributed by atoms with van der Waals surface area (Å²) in [6, 6.07) is 0.278. The molecule has 1 aromatic heterocycles. The maximum absolute atomic E-state index is 11.1. The Kier molecular flexibility index (Phi) is 5.31. The zero-order valence-electron chi connectivity index (χ0n) is 11.4. The molecule has 0 bridgehead atoms. The van der Waals surface area contributed by atoms with Crippen LogP contribution < -0.4 is 10.6 Å². The van der Waals surface area contributed by atoms with Crippen molar-refractivity contribution in [1.29, 1.82) is 0 Å². The van der Waals surface area contributed by atoms with Crippen LogP contribution in [0, 0.1) is 0 Å². The molecular formula is C13H19BrN4O2. The summed E-state index contributed by atoms with van der Waals surface area (Å²) in [6.45, 7) is 1.75. The molecule has 6 nitrogen and oxygen atoms in total. The lowest BCUT2D eigenvalue weighted by Gasteiger charge is -2.27. The molecule has 1 saturated carbocycles. The molecule has 0 atom stereocenters. The van der Waals surface area contributed by atoms with E-state index in [1.807, 2.05) is 0 Å². The van der Waals surface area contributed by atoms with Gasteiger partial charge in [-0.3, -0.25) is 4.79 Å². The Morgan fingerprint density at radius 1 is 1.40 bits per heavy atom. The zero-order valence-corrected chi connectivity index (χ0v) is 13.0. The van der Waals surface area contributed by atoms with Gasteiger partial charge in [0.2, 0.25) is 0 Å². The number of ketones is 1. The quantitative estimate of drug-likeness (QED) is 0.758. The number of hydrogen-bond acceptors (Lipinski definition) is 6. The van der Waals surface area contributed by atoms with Crippen molar-refractivity contribution in [2.24, 2.45) is 0 Å². The van der Waals surface area contributed by atoms with E-state index in [0.717, 1.165) is 25.7 Å². The van der Waals surface area contributed by atoms with Gasteiger partial charge >= 0.3 is 0 Å². The van der Waals surface area contributed by atoms with Crippen molar-refractivity contribution < 1.29 is 9.90 Å². The van der Waals surface area contributed by atoms with Crippen molar-refractivity contribution >= 4 is 33.3 Å². The number of Topliss-reactive ketones (excluding diaryl/α,β-unsaturated/α-hetero) is 1. The molecule has 0 aliphatic heterocycles. The molecule has 2 rings (SSSR count). The van der Waals surface area contributed by atoms with Crippen molar-refractivity contribution in [2.45, 2.75) is 44.8 Å². The third-order valence-electron chi connectivity index (χ3n) is 3.29. The normalized spacial score (nSPS) is 22.4. The molecule has 7 heteroatoms. The van der Waals surface area contributed by atoms with Crippen molar-refractivity contribution in [3.8, 4) is 0 Å². The lowest BCUT2D eigenvalue weighted by atomic mass is 9.93. The third kappa shape index (κ3) is 4.42. The zero-order chi connectivity index (χ0) is 14.5. The highest BCUT2D eigenvalue weighted by molar-refractivity contribution is 9.10. The predicted octanol–water partition coefficient (Wildman–Crippen LogP) is 1.96. The number of halogens is 1. The first kappa shape index (κ1) is 15.2. The summed E-state index contributed by atoms with van der Waals surface area (Å²) in [5, 5.41) is 15.9. The van der Waals surface area contributed by atoms with E-state index < -0.39 is 0 Å². The van der Waals surface area contributed by atoms with Crippen LogP contribution in [0.5, 0.6) is 0 Å². The van der Waals surface area contributed by atoms with Crippen molar-refractivity contribution in [2.75, 3.05) is 17.2 Å². The van der Waals surface area contributed by atoms with Gasteiger partial charge in [0.15, 0.2) is 11.6 Å². The predicted molar refractivity (Wildman–Crippen MR) is 80.8 cm³/mol. The van der Waals surface area contributed by atoms with Crippen LogP contribution >= 0.6 is 15.9 Å². The van der Waals surface area contributed by atoms with E-state index in [1.165, 1.54) is 6.92 Å². The average molecular weight is 343 g/mol. The molecular weight excluding hydrogens is 324 g/mol. The number of carbonyl (C=O) groups excluding carboxylic acids is 1. The minimum absolute atomic E-state index is 0.0430. The Morgan fingerprint density at radius 3 is 2.75 bits per heavy atom. The third-order valence-corrected chi connectivity index (χ3v) is 3.67. The van der Waals surface area contributed by atoms with Crippen molar-refractivity contribution in [3.05, 3.63) is 10.8 Å². The molecule has 1 heterocycles. The molecule has 0 radical (unpaired) electrons. The van der Waals surface area contributed by atoms with Crippen LogP contribution in [0.3, 0.4) is 0 Å². The molecule has 1 aliphatic carbocycles. The fourth-order valence-electron chi connectivity index (χ4n) is 2.22. The second kappa shape index (κ2) is 6.99. The number of nitrogens with one attached hydrogen (secondary N) is 2. The van der Waals surface area contributed by atoms with Gasteiger partial charge < -0.3 is 15.7 Å². The first-order valence-corrected chi connectivity index (χ1v) is 7.54. The Labute approximate surface area is 126 Å². The molecule has 0 amide bonds. The molecule has 0 spiro atoms. The van der Waals surface area contributed by atoms with Gasteiger partial charge in [-0.25, -0.2) is 9.97 Å². The number of aromatic nitrogens is 2. The summed E-state index contributed by atoms with van der Waals surface area (Å²) >= 11 is 3.30. The molecule has 3 N–H and O–H groups in total. The fraction of sp³-hybridized carbons (Fsp3) is 0.615. The van der Waals surface area contributed by atoms with Gasteiger partial charge in [0.1, 0.15) is 10.4 Å². The van der Waals surface area contributed by atoms with Gasteiger partial charge in [-0.1, -0.05) is 0 Å². The lowest BCUT2D eigenvalue weighted by Crippen LogP contribution is -2.29. The number of aliphatic hydroxyl groups is 1. The van der Waals surface area contributed by atoms with E-state index in [-0.39, 0.29) is 24.5 Å². The van der Waals surface area contributed by atoms with Gasteiger partial charge in [-0.15, -0.1) is 0 Å². The highest BCUT2D eigenvalue weighted by atomic mass is 79.9. The second-order valence-electron chi connectivity index (χ2n) is 5.10. The fourth-order valence-corrected chi connectivity index (χ4v) is 2.50. The number of nitrogens with zero attached hydrogens (tertiary/aromatic N) is 2. The van der Waals surface area contributed by atoms with E-state index in [2.05, 4.69) is 36.5 Å². The minimum atomic E-state index is -0.183. The summed E-state index contributed by atoms with van der Waals surface area (Å²) < 4.78 is 0.643. The largest absolute Gasteiger partial charge is 0.393 e. The maximum atomic E-state index is 11.1. The van der Waals surface area contributed by atoms with Gasteiger partial charge in [-0.2, -0.15) is 0 Å². The molecule has 1 aliphatic rings. The minimum Gasteiger partial charge on any atom is -0.393 e. The van der Waals surface area contributed by atoms with Crippen molar-refractivity contribution in [3.63, 3.8) is 0 Å². The second-order valence-corrected chi connectivity index (χ2v) is 5.91. The summed E-state index contributed by atoms with van der Waals surface area (Å²) in [6.07, 6.45) is 4.82. The number of anilines is 2. The van der Waals surface area contributed by atoms with Gasteiger partial charge in [0.05, 0.1) is 18.8 Å². The van der Waals surface area contributed by atoms with Crippen LogP contribution in [-0.4, -0.2) is 39.5 Å². The van der Waals surface area contributed by atoms with Crippen LogP contribution in [0.1, 0.15) is 32.6 Å². The van der Waals surface area contributed by atoms with Gasteiger partial charge in [0.25, 0.3) is 0 Å². The Hall–Kier alpha value is -1.21. The monoisotopic (exact) mass is 342 g/mol. The Morgan fingerprint density at radius 2 is 2.10 bits per heavy atom. The Bertz CT molecular complexity index is 475. The summed E-state index contributed by atoms with van der Waals surface area (Å²) in [5.74, 6) is 1.26. The molecule has 0 aromatic carbocycles. The van der Waals surface area contributed by atoms with Crippen LogP contribution in [-0.2, 0) is 4.79 Å². The summed E-state index contributed by atoms with van der Waals surface area (Å²) in [7, 11) is 0. The number of hydrogen-bond donors (Lipinski definition) is 3. The van der Waals surface area contributed by atoms with E-state index in [4.69, 9.17) is 0 Å². The molecule has 20 heavy (non-hydrogen) atoms. The number of rotatable bonds is 5. The smallest absolute Gasteiger partial charge is 0.170 e. The first-order chi connectivity index (χ1) is 9.54. The van der Waals surface area contributed by atoms with Crippen molar-refractivity contribution in [1.82, 2.24) is 9.97 Å². The van der Waals surface area contributed by atoms with Crippen LogP contribution in [0.2, 0.25) is 0 Å². The SMILES string of the molecule is CC(=O)CNc1ncc(Br)nc1NC1CCC(O)CC1. The standard InChI is InChI=1S/C13H19BrN4O2/c1-8(19)6-15-12-13(18-11(14)7-16-12)17-9-2-4-10(20)5-3-9/h7,9-10,20H,2-6H2,1H3,(H,15,16)(H,17,18). The summed E-state index contributed by atoms with van der Waals surface area (Å²) in [5.41, 5.74) is 0. The maximum Gasteiger partial charge on any atom is 0.170 e. The van der Waals surface area contributed by atoms with E-state index in [0.29, 0.717) is 16.2 Å². The topological polar surface area (TPSA) is 87.1 Å². The number of aliphatic hydroxyl groups excluding tert-OH is 1. The van der Waals surface area contributed by atoms with Crippen LogP contribution in [0.15, 0.2) is 10.8 Å². The van der Waals surface area contributed by atoms with Crippen LogP contribution in [0.25, 0.3) is 0 Å². The van der Waals surface area contributed by atoms with Crippen LogP contribution in [0.4, 0.5) is 11.6 Å². The molecule has 0 saturated heterocycles. The lowest BCUT2D eigenvalue weighted by molar-refractivity contribution is -0.115. The number of carbonyl (C=O) groups is 1. The average Bonchev–Trinajstić information content (AvgIpc) is 2.40. The van der Waals surface area contributed by atoms with E-state index in [1.54, 1.807) is 6.20 Å². The summed E-state index contributed by atoms with van der Waals surface area (Å²) in [4.78, 5) is 19.7. The van der Waals surface area contributed by atoms with E-state index >= 15 is 0 Å². The van der Waals surface area contributed by atoms with Gasteiger partial charge in [-0.05, 0) is 48.5 Å². The first-order valence-electron chi connectivity index (χ1n) is 6.75. The molecule has 1 aromatic rings. The van der Waals surface area contributed by atoms with Gasteiger partial charge in [0, 0.05) is 6.04 Å². The highest BCUT2D eigenvalue weighted by Crippen LogP contribution is 2.25. The highest BCUT2D eigenvalue weighted by Gasteiger charge is 2.20. The molecule has 0 unspecified atom stereocenters. The molecule has 110 valence electrons.